The Kier molecular flexibility index (Phi) is 4.97. The van der Waals surface area contributed by atoms with Crippen LogP contribution in [0.5, 0.6) is 0 Å². The number of nitrogens with zero attached hydrogens (tertiary/aromatic N) is 3. The van der Waals surface area contributed by atoms with Crippen LogP contribution in [-0.2, 0) is 11.0 Å². The number of carbonyl (C=O) groups excluding carboxylic acids is 1. The number of carbonyl (C=O) groups is 1. The van der Waals surface area contributed by atoms with E-state index in [1.165, 1.54) is 0 Å². The van der Waals surface area contributed by atoms with Gasteiger partial charge in [-0.3, -0.25) is 14.9 Å². The lowest BCUT2D eigenvalue weighted by Crippen LogP contribution is -2.05. The van der Waals surface area contributed by atoms with Gasteiger partial charge in [-0.25, -0.2) is 0 Å². The number of alkyl halides is 3. The highest BCUT2D eigenvalue weighted by Gasteiger charge is 2.33. The molecule has 118 valence electrons. The highest BCUT2D eigenvalue weighted by molar-refractivity contribution is 5.93. The highest BCUT2D eigenvalue weighted by Crippen LogP contribution is 2.36. The Morgan fingerprint density at radius 1 is 1.32 bits per heavy atom. The van der Waals surface area contributed by atoms with Gasteiger partial charge in [0.05, 0.1) is 10.5 Å². The number of halogens is 3. The van der Waals surface area contributed by atoms with Crippen LogP contribution in [0.15, 0.2) is 39.9 Å². The number of benzene rings is 1. The molecule has 0 saturated carbocycles. The zero-order valence-electron chi connectivity index (χ0n) is 11.4. The van der Waals surface area contributed by atoms with Gasteiger partial charge in [0.25, 0.3) is 5.69 Å². The molecule has 0 spiro atoms. The van der Waals surface area contributed by atoms with Gasteiger partial charge in [0.15, 0.2) is 17.2 Å². The number of aliphatic hydroxyl groups is 1. The number of allylic oxidation sites excluding steroid dienone is 2. The average Bonchev–Trinajstić information content (AvgIpc) is 2.36. The van der Waals surface area contributed by atoms with E-state index in [2.05, 4.69) is 10.2 Å². The Balaban J connectivity index is 3.35. The maximum Gasteiger partial charge on any atom is 0.416 e. The monoisotopic (exact) mass is 317 g/mol. The van der Waals surface area contributed by atoms with E-state index in [0.29, 0.717) is 12.1 Å². The summed E-state index contributed by atoms with van der Waals surface area (Å²) in [5, 5.41) is 26.8. The van der Waals surface area contributed by atoms with Crippen molar-refractivity contribution < 1.29 is 28.0 Å². The van der Waals surface area contributed by atoms with Gasteiger partial charge in [-0.2, -0.15) is 13.2 Å². The second-order valence-electron chi connectivity index (χ2n) is 4.15. The maximum absolute atomic E-state index is 12.5. The van der Waals surface area contributed by atoms with Crippen molar-refractivity contribution in [3.05, 3.63) is 45.3 Å². The number of azo groups is 1. The number of hydrogen-bond acceptors (Lipinski definition) is 6. The van der Waals surface area contributed by atoms with Gasteiger partial charge in [0, 0.05) is 13.0 Å². The Morgan fingerprint density at radius 3 is 2.32 bits per heavy atom. The molecule has 1 aromatic rings. The fourth-order valence-corrected chi connectivity index (χ4v) is 1.43. The smallest absolute Gasteiger partial charge is 0.416 e. The van der Waals surface area contributed by atoms with Gasteiger partial charge in [0.1, 0.15) is 5.76 Å². The van der Waals surface area contributed by atoms with E-state index in [1.807, 2.05) is 0 Å². The first-order valence-electron chi connectivity index (χ1n) is 5.72. The molecule has 0 aliphatic carbocycles. The molecular formula is C12H10F3N3O4. The van der Waals surface area contributed by atoms with Crippen molar-refractivity contribution >= 4 is 17.2 Å². The first kappa shape index (κ1) is 17.3. The number of nitro groups is 1. The Hall–Kier alpha value is -2.78. The third-order valence-corrected chi connectivity index (χ3v) is 2.43. The third-order valence-electron chi connectivity index (χ3n) is 2.43. The quantitative estimate of drug-likeness (QED) is 0.297. The van der Waals surface area contributed by atoms with Gasteiger partial charge in [-0.05, 0) is 19.1 Å². The van der Waals surface area contributed by atoms with Crippen molar-refractivity contribution in [3.8, 4) is 0 Å². The summed E-state index contributed by atoms with van der Waals surface area (Å²) in [7, 11) is 0. The molecule has 0 fully saturated rings. The molecule has 22 heavy (non-hydrogen) atoms. The Morgan fingerprint density at radius 2 is 1.91 bits per heavy atom. The summed E-state index contributed by atoms with van der Waals surface area (Å²) >= 11 is 0. The number of ketones is 1. The first-order chi connectivity index (χ1) is 10.0. The molecular weight excluding hydrogens is 307 g/mol. The summed E-state index contributed by atoms with van der Waals surface area (Å²) in [4.78, 5) is 20.9. The normalized spacial score (nSPS) is 13.1. The lowest BCUT2D eigenvalue weighted by molar-refractivity contribution is -0.384. The van der Waals surface area contributed by atoms with Crippen LogP contribution >= 0.6 is 0 Å². The molecule has 0 bridgehead atoms. The van der Waals surface area contributed by atoms with Crippen LogP contribution < -0.4 is 0 Å². The van der Waals surface area contributed by atoms with Gasteiger partial charge < -0.3 is 5.11 Å². The summed E-state index contributed by atoms with van der Waals surface area (Å²) in [6.45, 7) is 2.23. The minimum absolute atomic E-state index is 0.317. The molecule has 7 nitrogen and oxygen atoms in total. The SMILES string of the molecule is CC(=O)/C(N=Nc1ccc(C(F)(F)F)cc1[N+](=O)[O-])=C(\C)O. The lowest BCUT2D eigenvalue weighted by Gasteiger charge is -2.06. The van der Waals surface area contributed by atoms with Crippen molar-refractivity contribution in [1.29, 1.82) is 0 Å². The fourth-order valence-electron chi connectivity index (χ4n) is 1.43. The van der Waals surface area contributed by atoms with E-state index in [9.17, 15) is 33.2 Å². The first-order valence-corrected chi connectivity index (χ1v) is 5.72. The molecule has 1 aromatic carbocycles. The molecule has 0 atom stereocenters. The van der Waals surface area contributed by atoms with Gasteiger partial charge in [0.2, 0.25) is 0 Å². The average molecular weight is 317 g/mol. The topological polar surface area (TPSA) is 105 Å². The van der Waals surface area contributed by atoms with Crippen LogP contribution in [0.1, 0.15) is 19.4 Å². The molecule has 1 rings (SSSR count). The van der Waals surface area contributed by atoms with Crippen LogP contribution in [-0.4, -0.2) is 15.8 Å². The minimum Gasteiger partial charge on any atom is -0.510 e. The molecule has 1 N–H and O–H groups in total. The van der Waals surface area contributed by atoms with Gasteiger partial charge in [-0.15, -0.1) is 10.2 Å². The highest BCUT2D eigenvalue weighted by atomic mass is 19.4. The van der Waals surface area contributed by atoms with E-state index in [-0.39, 0.29) is 0 Å². The summed E-state index contributed by atoms with van der Waals surface area (Å²) in [5.74, 6) is -1.12. The molecule has 10 heteroatoms. The van der Waals surface area contributed by atoms with Crippen molar-refractivity contribution in [1.82, 2.24) is 0 Å². The minimum atomic E-state index is -4.74. The summed E-state index contributed by atoms with van der Waals surface area (Å²) in [5.41, 5.74) is -3.05. The second-order valence-corrected chi connectivity index (χ2v) is 4.15. The largest absolute Gasteiger partial charge is 0.510 e. The summed E-state index contributed by atoms with van der Waals surface area (Å²) in [6, 6.07) is 1.68. The van der Waals surface area contributed by atoms with Crippen LogP contribution in [0.3, 0.4) is 0 Å². The molecule has 0 heterocycles. The van der Waals surface area contributed by atoms with Crippen LogP contribution in [0.4, 0.5) is 24.5 Å². The second kappa shape index (κ2) is 6.33. The van der Waals surface area contributed by atoms with E-state index >= 15 is 0 Å². The molecule has 0 aliphatic rings. The van der Waals surface area contributed by atoms with Crippen molar-refractivity contribution in [2.24, 2.45) is 10.2 Å². The molecule has 0 unspecified atom stereocenters. The summed E-state index contributed by atoms with van der Waals surface area (Å²) < 4.78 is 37.6. The standard InChI is InChI=1S/C12H10F3N3O4/c1-6(19)11(7(2)20)17-16-9-4-3-8(12(13,14)15)5-10(9)18(21)22/h3-5,19H,1-2H3/b11-6-,17-16?. The van der Waals surface area contributed by atoms with Gasteiger partial charge in [-0.1, -0.05) is 0 Å². The zero-order valence-corrected chi connectivity index (χ0v) is 11.4. The lowest BCUT2D eigenvalue weighted by atomic mass is 10.1. The predicted octanol–water partition coefficient (Wildman–Crippen LogP) is 4.08. The molecule has 0 aliphatic heterocycles. The zero-order chi connectivity index (χ0) is 17.1. The van der Waals surface area contributed by atoms with E-state index in [1.54, 1.807) is 0 Å². The molecule has 0 amide bonds. The number of aliphatic hydroxyl groups excluding tert-OH is 1. The van der Waals surface area contributed by atoms with E-state index in [4.69, 9.17) is 0 Å². The molecule has 0 aromatic heterocycles. The molecule has 0 saturated heterocycles. The summed E-state index contributed by atoms with van der Waals surface area (Å²) in [6.07, 6.45) is -4.74. The van der Waals surface area contributed by atoms with Crippen molar-refractivity contribution in [3.63, 3.8) is 0 Å². The number of hydrogen-bond donors (Lipinski definition) is 1. The van der Waals surface area contributed by atoms with Gasteiger partial charge >= 0.3 is 6.18 Å². The predicted molar refractivity (Wildman–Crippen MR) is 68.6 cm³/mol. The number of Topliss-reactive ketones (excluding diaryl/α,β-unsaturated/α-hetero) is 1. The van der Waals surface area contributed by atoms with Crippen LogP contribution in [0.2, 0.25) is 0 Å². The molecule has 0 radical (unpaired) electrons. The van der Waals surface area contributed by atoms with Crippen molar-refractivity contribution in [2.75, 3.05) is 0 Å². The van der Waals surface area contributed by atoms with Crippen molar-refractivity contribution in [2.45, 2.75) is 20.0 Å². The number of rotatable bonds is 4. The fraction of sp³-hybridized carbons (Fsp3) is 0.250. The van der Waals surface area contributed by atoms with Crippen LogP contribution in [0, 0.1) is 10.1 Å². The Bertz CT molecular complexity index is 677. The van der Waals surface area contributed by atoms with Crippen LogP contribution in [0.25, 0.3) is 0 Å². The number of nitro benzene ring substituents is 1. The maximum atomic E-state index is 12.5. The Labute approximate surface area is 121 Å². The van der Waals surface area contributed by atoms with E-state index < -0.39 is 45.3 Å². The van der Waals surface area contributed by atoms with E-state index in [0.717, 1.165) is 19.9 Å². The third kappa shape index (κ3) is 4.11.